The lowest BCUT2D eigenvalue weighted by atomic mass is 10.00. The van der Waals surface area contributed by atoms with Crippen LogP contribution < -0.4 is 11.1 Å². The Labute approximate surface area is 192 Å². The van der Waals surface area contributed by atoms with Crippen LogP contribution in [0, 0.1) is 11.3 Å². The lowest BCUT2D eigenvalue weighted by molar-refractivity contribution is -0.137. The number of anilines is 2. The van der Waals surface area contributed by atoms with Gasteiger partial charge < -0.3 is 31.1 Å². The van der Waals surface area contributed by atoms with Crippen molar-refractivity contribution in [1.29, 1.82) is 5.41 Å². The van der Waals surface area contributed by atoms with Crippen LogP contribution in [-0.2, 0) is 15.7 Å². The number of alkyl halides is 3. The molecule has 10 nitrogen and oxygen atoms in total. The van der Waals surface area contributed by atoms with Crippen LogP contribution in [-0.4, -0.2) is 56.3 Å². The Hall–Kier alpha value is -3.90. The van der Waals surface area contributed by atoms with Gasteiger partial charge in [-0.05, 0) is 39.0 Å². The highest BCUT2D eigenvalue weighted by Crippen LogP contribution is 2.33. The van der Waals surface area contributed by atoms with Crippen molar-refractivity contribution in [3.8, 4) is 0 Å². The first-order valence-corrected chi connectivity index (χ1v) is 10.2. The molecule has 0 aliphatic carbocycles. The molecule has 0 bridgehead atoms. The highest BCUT2D eigenvalue weighted by molar-refractivity contribution is 6.08. The van der Waals surface area contributed by atoms with Crippen LogP contribution in [0.15, 0.2) is 24.5 Å². The molecule has 34 heavy (non-hydrogen) atoms. The predicted molar refractivity (Wildman–Crippen MR) is 118 cm³/mol. The van der Waals surface area contributed by atoms with Gasteiger partial charge in [0.15, 0.2) is 0 Å². The van der Waals surface area contributed by atoms with Gasteiger partial charge in [0.2, 0.25) is 5.91 Å². The number of imidazole rings is 1. The summed E-state index contributed by atoms with van der Waals surface area (Å²) in [4.78, 5) is 36.1. The fraction of sp³-hybridized carbons (Fsp3) is 0.381. The molecule has 0 aromatic carbocycles. The van der Waals surface area contributed by atoms with Crippen LogP contribution >= 0.6 is 0 Å². The summed E-state index contributed by atoms with van der Waals surface area (Å²) in [6.07, 6.45) is -0.123. The number of halogens is 3. The summed E-state index contributed by atoms with van der Waals surface area (Å²) in [6, 6.07) is 0.752. The van der Waals surface area contributed by atoms with E-state index in [0.717, 1.165) is 12.3 Å². The molecule has 1 aliphatic heterocycles. The maximum absolute atomic E-state index is 13.0. The molecule has 0 atom stereocenters. The van der Waals surface area contributed by atoms with E-state index in [1.54, 1.807) is 20.8 Å². The third kappa shape index (κ3) is 6.11. The van der Waals surface area contributed by atoms with E-state index in [4.69, 9.17) is 15.9 Å². The molecule has 0 saturated carbocycles. The molecule has 2 amide bonds. The van der Waals surface area contributed by atoms with Crippen LogP contribution in [0.2, 0.25) is 0 Å². The number of carbonyl (C=O) groups excluding carboxylic acids is 2. The van der Waals surface area contributed by atoms with E-state index in [0.29, 0.717) is 5.82 Å². The van der Waals surface area contributed by atoms with Crippen molar-refractivity contribution in [3.05, 3.63) is 41.5 Å². The van der Waals surface area contributed by atoms with Gasteiger partial charge in [0.05, 0.1) is 23.4 Å². The number of pyridine rings is 1. The van der Waals surface area contributed by atoms with Gasteiger partial charge in [-0.2, -0.15) is 13.2 Å². The number of allylic oxidation sites excluding steroid dienone is 1. The van der Waals surface area contributed by atoms with Crippen molar-refractivity contribution in [3.63, 3.8) is 0 Å². The number of H-pyrrole nitrogens is 1. The molecule has 0 spiro atoms. The van der Waals surface area contributed by atoms with Crippen LogP contribution in [0.1, 0.15) is 37.7 Å². The number of ether oxygens (including phenoxy) is 1. The Morgan fingerprint density at radius 1 is 1.26 bits per heavy atom. The maximum atomic E-state index is 13.0. The Morgan fingerprint density at radius 3 is 2.56 bits per heavy atom. The second-order valence-electron chi connectivity index (χ2n) is 8.66. The molecule has 5 N–H and O–H groups in total. The third-order valence-electron chi connectivity index (χ3n) is 4.70. The standard InChI is InChI=1S/C21H24F3N7O3/c1-20(2,3)34-19(33)31-9-12(10-31)18(32)30-16-8-27-15(29-16)5-4-14(25)11-6-13(21(22,23)24)17(26)28-7-11/h4-8,12,25H,9-10H2,1-3H3,(H2,26,28)(H,27,29)(H,30,32). The summed E-state index contributed by atoms with van der Waals surface area (Å²) in [7, 11) is 0. The van der Waals surface area contributed by atoms with E-state index in [9.17, 15) is 22.8 Å². The van der Waals surface area contributed by atoms with Gasteiger partial charge in [-0.1, -0.05) is 0 Å². The highest BCUT2D eigenvalue weighted by Gasteiger charge is 2.38. The summed E-state index contributed by atoms with van der Waals surface area (Å²) >= 11 is 0. The van der Waals surface area contributed by atoms with E-state index in [-0.39, 0.29) is 36.1 Å². The molecule has 3 rings (SSSR count). The summed E-state index contributed by atoms with van der Waals surface area (Å²) in [5.41, 5.74) is 3.22. The molecule has 13 heteroatoms. The van der Waals surface area contributed by atoms with Crippen LogP contribution in [0.5, 0.6) is 0 Å². The average Bonchev–Trinajstić information content (AvgIpc) is 3.10. The first-order chi connectivity index (χ1) is 15.7. The second-order valence-corrected chi connectivity index (χ2v) is 8.66. The zero-order valence-corrected chi connectivity index (χ0v) is 18.7. The van der Waals surface area contributed by atoms with Crippen LogP contribution in [0.3, 0.4) is 0 Å². The Balaban J connectivity index is 1.55. The second kappa shape index (κ2) is 9.15. The molecule has 0 radical (unpaired) electrons. The summed E-state index contributed by atoms with van der Waals surface area (Å²) in [5, 5.41) is 10.6. The highest BCUT2D eigenvalue weighted by atomic mass is 19.4. The van der Waals surface area contributed by atoms with Crippen molar-refractivity contribution in [2.75, 3.05) is 24.1 Å². The van der Waals surface area contributed by atoms with Crippen LogP contribution in [0.4, 0.5) is 29.6 Å². The van der Waals surface area contributed by atoms with Gasteiger partial charge in [0.1, 0.15) is 23.1 Å². The normalized spacial score (nSPS) is 14.7. The average molecular weight is 479 g/mol. The fourth-order valence-corrected chi connectivity index (χ4v) is 2.95. The molecule has 2 aromatic rings. The molecule has 1 saturated heterocycles. The molecule has 1 fully saturated rings. The number of aromatic amines is 1. The Morgan fingerprint density at radius 2 is 1.94 bits per heavy atom. The largest absolute Gasteiger partial charge is 0.444 e. The molecular weight excluding hydrogens is 455 g/mol. The van der Waals surface area contributed by atoms with E-state index in [1.807, 2.05) is 0 Å². The Kier molecular flexibility index (Phi) is 6.66. The SMILES string of the molecule is CC(C)(C)OC(=O)N1CC(C(=O)Nc2cnc(C=CC(=N)c3cnc(N)c(C(F)(F)F)c3)[nH]2)C1. The van der Waals surface area contributed by atoms with Crippen LogP contribution in [0.25, 0.3) is 6.08 Å². The first-order valence-electron chi connectivity index (χ1n) is 10.2. The number of carbonyl (C=O) groups is 2. The number of hydrogen-bond donors (Lipinski definition) is 4. The number of hydrogen-bond acceptors (Lipinski definition) is 7. The van der Waals surface area contributed by atoms with Crippen molar-refractivity contribution < 1.29 is 27.5 Å². The predicted octanol–water partition coefficient (Wildman–Crippen LogP) is 3.29. The van der Waals surface area contributed by atoms with Gasteiger partial charge in [0, 0.05) is 24.8 Å². The summed E-state index contributed by atoms with van der Waals surface area (Å²) in [6.45, 7) is 5.73. The third-order valence-corrected chi connectivity index (χ3v) is 4.70. The molecule has 1 aliphatic rings. The van der Waals surface area contributed by atoms with Crippen molar-refractivity contribution in [2.45, 2.75) is 32.5 Å². The number of aromatic nitrogens is 3. The number of nitrogen functional groups attached to an aromatic ring is 1. The van der Waals surface area contributed by atoms with Crippen molar-refractivity contribution in [2.24, 2.45) is 5.92 Å². The number of amides is 2. The molecule has 2 aromatic heterocycles. The minimum atomic E-state index is -4.68. The number of nitrogens with zero attached hydrogens (tertiary/aromatic N) is 3. The quantitative estimate of drug-likeness (QED) is 0.483. The van der Waals surface area contributed by atoms with Gasteiger partial charge in [-0.3, -0.25) is 4.79 Å². The summed E-state index contributed by atoms with van der Waals surface area (Å²) in [5.74, 6) is -0.813. The van der Waals surface area contributed by atoms with Crippen molar-refractivity contribution in [1.82, 2.24) is 19.9 Å². The van der Waals surface area contributed by atoms with E-state index in [2.05, 4.69) is 20.3 Å². The zero-order valence-electron chi connectivity index (χ0n) is 18.7. The minimum absolute atomic E-state index is 0.0719. The van der Waals surface area contributed by atoms with E-state index in [1.165, 1.54) is 23.2 Å². The lowest BCUT2D eigenvalue weighted by Gasteiger charge is -2.38. The number of likely N-dealkylation sites (tertiary alicyclic amines) is 1. The first kappa shape index (κ1) is 24.7. The van der Waals surface area contributed by atoms with Crippen molar-refractivity contribution >= 4 is 35.4 Å². The van der Waals surface area contributed by atoms with E-state index < -0.39 is 35.2 Å². The van der Waals surface area contributed by atoms with Gasteiger partial charge in [0.25, 0.3) is 0 Å². The molecule has 182 valence electrons. The fourth-order valence-electron chi connectivity index (χ4n) is 2.95. The number of rotatable bonds is 5. The number of nitrogens with two attached hydrogens (primary N) is 1. The molecular formula is C21H24F3N7O3. The zero-order chi connectivity index (χ0) is 25.3. The minimum Gasteiger partial charge on any atom is -0.444 e. The number of nitrogens with one attached hydrogen (secondary N) is 3. The smallest absolute Gasteiger partial charge is 0.419 e. The molecule has 0 unspecified atom stereocenters. The van der Waals surface area contributed by atoms with Gasteiger partial charge in [-0.25, -0.2) is 14.8 Å². The lowest BCUT2D eigenvalue weighted by Crippen LogP contribution is -2.55. The Bertz CT molecular complexity index is 1130. The maximum Gasteiger partial charge on any atom is 0.419 e. The molecule has 3 heterocycles. The monoisotopic (exact) mass is 479 g/mol. The summed E-state index contributed by atoms with van der Waals surface area (Å²) < 4.78 is 44.2. The van der Waals surface area contributed by atoms with E-state index >= 15 is 0 Å². The van der Waals surface area contributed by atoms with Gasteiger partial charge >= 0.3 is 12.3 Å². The van der Waals surface area contributed by atoms with Gasteiger partial charge in [-0.15, -0.1) is 0 Å². The topological polar surface area (TPSA) is 150 Å².